The van der Waals surface area contributed by atoms with E-state index in [9.17, 15) is 23.6 Å². The molecule has 0 unspecified atom stereocenters. The van der Waals surface area contributed by atoms with E-state index in [1.165, 1.54) is 43.3 Å². The van der Waals surface area contributed by atoms with E-state index in [2.05, 4.69) is 0 Å². The smallest absolute Gasteiger partial charge is 0.329 e. The average Bonchev–Trinajstić information content (AvgIpc) is 2.95. The van der Waals surface area contributed by atoms with Crippen molar-refractivity contribution in [1.29, 1.82) is 0 Å². The van der Waals surface area contributed by atoms with Gasteiger partial charge in [0.2, 0.25) is 0 Å². The number of Topliss-reactive ketones (excluding diaryl/α,β-unsaturated/α-hetero) is 1. The summed E-state index contributed by atoms with van der Waals surface area (Å²) in [6, 6.07) is 10.5. The van der Waals surface area contributed by atoms with E-state index in [0.717, 1.165) is 4.90 Å². The molecule has 1 atom stereocenters. The first-order valence-electron chi connectivity index (χ1n) is 8.82. The number of fused-ring (bicyclic) bond motifs is 1. The predicted molar refractivity (Wildman–Crippen MR) is 97.3 cm³/mol. The van der Waals surface area contributed by atoms with Crippen molar-refractivity contribution in [3.63, 3.8) is 0 Å². The SMILES string of the molecule is C[C@@H](C(=O)OCCCC(=O)c1ccc(F)cc1)N1C(=O)c2ccccc2C1=O. The largest absolute Gasteiger partial charge is 0.464 e. The highest BCUT2D eigenvalue weighted by Crippen LogP contribution is 2.24. The normalized spacial score (nSPS) is 14.0. The van der Waals surface area contributed by atoms with Gasteiger partial charge in [0, 0.05) is 12.0 Å². The summed E-state index contributed by atoms with van der Waals surface area (Å²) >= 11 is 0. The summed E-state index contributed by atoms with van der Waals surface area (Å²) in [7, 11) is 0. The lowest BCUT2D eigenvalue weighted by atomic mass is 10.1. The lowest BCUT2D eigenvalue weighted by Crippen LogP contribution is -2.43. The maximum absolute atomic E-state index is 12.9. The molecular formula is C21H18FNO5. The number of hydrogen-bond donors (Lipinski definition) is 0. The van der Waals surface area contributed by atoms with Crippen molar-refractivity contribution in [2.75, 3.05) is 6.61 Å². The Hall–Kier alpha value is -3.35. The summed E-state index contributed by atoms with van der Waals surface area (Å²) in [6.07, 6.45) is 0.400. The number of ether oxygens (including phenoxy) is 1. The van der Waals surface area contributed by atoms with Crippen LogP contribution in [0.15, 0.2) is 48.5 Å². The number of rotatable bonds is 7. The minimum atomic E-state index is -1.07. The quantitative estimate of drug-likeness (QED) is 0.318. The first-order valence-corrected chi connectivity index (χ1v) is 8.82. The Balaban J connectivity index is 1.50. The van der Waals surface area contributed by atoms with Gasteiger partial charge in [0.25, 0.3) is 11.8 Å². The molecule has 144 valence electrons. The molecule has 0 bridgehead atoms. The molecule has 2 aromatic carbocycles. The third-order valence-electron chi connectivity index (χ3n) is 4.51. The van der Waals surface area contributed by atoms with Crippen LogP contribution in [0, 0.1) is 5.82 Å². The molecule has 0 aromatic heterocycles. The zero-order valence-electron chi connectivity index (χ0n) is 15.2. The molecule has 0 saturated carbocycles. The van der Waals surface area contributed by atoms with Crippen LogP contribution in [0.1, 0.15) is 50.8 Å². The number of carbonyl (C=O) groups is 4. The van der Waals surface area contributed by atoms with Crippen molar-refractivity contribution in [3.8, 4) is 0 Å². The zero-order valence-corrected chi connectivity index (χ0v) is 15.2. The molecule has 7 heteroatoms. The van der Waals surface area contributed by atoms with Gasteiger partial charge in [-0.05, 0) is 49.7 Å². The zero-order chi connectivity index (χ0) is 20.3. The third-order valence-corrected chi connectivity index (χ3v) is 4.51. The van der Waals surface area contributed by atoms with E-state index in [1.54, 1.807) is 12.1 Å². The molecule has 0 N–H and O–H groups in total. The first kappa shape index (κ1) is 19.4. The molecule has 28 heavy (non-hydrogen) atoms. The highest BCUT2D eigenvalue weighted by Gasteiger charge is 2.41. The van der Waals surface area contributed by atoms with Crippen molar-refractivity contribution in [3.05, 3.63) is 71.0 Å². The standard InChI is InChI=1S/C21H18FNO5/c1-13(23-19(25)16-5-2-3-6-17(16)20(23)26)21(27)28-12-4-7-18(24)14-8-10-15(22)11-9-14/h2-3,5-6,8-11,13H,4,7,12H2,1H3/t13-/m0/s1. The fraction of sp³-hybridized carbons (Fsp3) is 0.238. The molecule has 1 heterocycles. The van der Waals surface area contributed by atoms with Gasteiger partial charge in [-0.2, -0.15) is 0 Å². The van der Waals surface area contributed by atoms with E-state index in [4.69, 9.17) is 4.74 Å². The van der Waals surface area contributed by atoms with Crippen LogP contribution in [0.4, 0.5) is 4.39 Å². The molecule has 0 fully saturated rings. The highest BCUT2D eigenvalue weighted by atomic mass is 19.1. The monoisotopic (exact) mass is 383 g/mol. The minimum absolute atomic E-state index is 0.0285. The fourth-order valence-corrected chi connectivity index (χ4v) is 2.97. The number of carbonyl (C=O) groups excluding carboxylic acids is 4. The van der Waals surface area contributed by atoms with E-state index in [0.29, 0.717) is 5.56 Å². The second-order valence-electron chi connectivity index (χ2n) is 6.40. The van der Waals surface area contributed by atoms with Gasteiger partial charge >= 0.3 is 5.97 Å². The summed E-state index contributed by atoms with van der Waals surface area (Å²) in [4.78, 5) is 49.9. The topological polar surface area (TPSA) is 80.8 Å². The van der Waals surface area contributed by atoms with Crippen molar-refractivity contribution < 1.29 is 28.3 Å². The van der Waals surface area contributed by atoms with E-state index < -0.39 is 29.6 Å². The summed E-state index contributed by atoms with van der Waals surface area (Å²) in [5.41, 5.74) is 0.904. The van der Waals surface area contributed by atoms with E-state index in [1.807, 2.05) is 0 Å². The summed E-state index contributed by atoms with van der Waals surface area (Å²) in [5.74, 6) is -2.39. The first-order chi connectivity index (χ1) is 13.4. The van der Waals surface area contributed by atoms with Crippen LogP contribution >= 0.6 is 0 Å². The van der Waals surface area contributed by atoms with Crippen molar-refractivity contribution in [1.82, 2.24) is 4.90 Å². The van der Waals surface area contributed by atoms with Crippen molar-refractivity contribution >= 4 is 23.6 Å². The van der Waals surface area contributed by atoms with Crippen LogP contribution in [-0.4, -0.2) is 41.1 Å². The molecule has 0 saturated heterocycles. The lowest BCUT2D eigenvalue weighted by Gasteiger charge is -2.20. The Labute approximate surface area is 160 Å². The Bertz CT molecular complexity index is 903. The Morgan fingerprint density at radius 2 is 1.57 bits per heavy atom. The van der Waals surface area contributed by atoms with Gasteiger partial charge in [-0.15, -0.1) is 0 Å². The lowest BCUT2D eigenvalue weighted by molar-refractivity contribution is -0.147. The maximum Gasteiger partial charge on any atom is 0.329 e. The maximum atomic E-state index is 12.9. The third kappa shape index (κ3) is 3.83. The minimum Gasteiger partial charge on any atom is -0.464 e. The molecule has 0 spiro atoms. The van der Waals surface area contributed by atoms with Crippen LogP contribution in [0.2, 0.25) is 0 Å². The summed E-state index contributed by atoms with van der Waals surface area (Å²) < 4.78 is 18.0. The van der Waals surface area contributed by atoms with E-state index in [-0.39, 0.29) is 36.4 Å². The van der Waals surface area contributed by atoms with Gasteiger partial charge in [-0.25, -0.2) is 9.18 Å². The molecule has 2 aromatic rings. The number of halogens is 1. The number of amides is 2. The Morgan fingerprint density at radius 1 is 1.00 bits per heavy atom. The molecule has 6 nitrogen and oxygen atoms in total. The number of nitrogens with zero attached hydrogens (tertiary/aromatic N) is 1. The highest BCUT2D eigenvalue weighted by molar-refractivity contribution is 6.22. The van der Waals surface area contributed by atoms with Crippen LogP contribution in [0.25, 0.3) is 0 Å². The van der Waals surface area contributed by atoms with E-state index >= 15 is 0 Å². The van der Waals surface area contributed by atoms with Crippen LogP contribution in [-0.2, 0) is 9.53 Å². The second-order valence-corrected chi connectivity index (χ2v) is 6.40. The van der Waals surface area contributed by atoms with Gasteiger partial charge in [0.1, 0.15) is 11.9 Å². The van der Waals surface area contributed by atoms with Crippen molar-refractivity contribution in [2.45, 2.75) is 25.8 Å². The number of hydrogen-bond acceptors (Lipinski definition) is 5. The molecule has 3 rings (SSSR count). The van der Waals surface area contributed by atoms with Gasteiger partial charge < -0.3 is 4.74 Å². The van der Waals surface area contributed by atoms with Gasteiger partial charge in [0.15, 0.2) is 5.78 Å². The second kappa shape index (κ2) is 8.12. The molecule has 2 amide bonds. The van der Waals surface area contributed by atoms with Gasteiger partial charge in [-0.1, -0.05) is 12.1 Å². The molecule has 0 radical (unpaired) electrons. The van der Waals surface area contributed by atoms with Crippen LogP contribution in [0.3, 0.4) is 0 Å². The number of imide groups is 1. The molecular weight excluding hydrogens is 365 g/mol. The van der Waals surface area contributed by atoms with Crippen LogP contribution < -0.4 is 0 Å². The Morgan fingerprint density at radius 3 is 2.14 bits per heavy atom. The number of ketones is 1. The van der Waals surface area contributed by atoms with Crippen molar-refractivity contribution in [2.24, 2.45) is 0 Å². The molecule has 1 aliphatic heterocycles. The molecule has 1 aliphatic rings. The number of esters is 1. The summed E-state index contributed by atoms with van der Waals surface area (Å²) in [5, 5.41) is 0. The molecule has 0 aliphatic carbocycles. The van der Waals surface area contributed by atoms with Gasteiger partial charge in [-0.3, -0.25) is 19.3 Å². The van der Waals surface area contributed by atoms with Crippen LogP contribution in [0.5, 0.6) is 0 Å². The predicted octanol–water partition coefficient (Wildman–Crippen LogP) is 3.02. The Kier molecular flexibility index (Phi) is 5.63. The number of benzene rings is 2. The average molecular weight is 383 g/mol. The summed E-state index contributed by atoms with van der Waals surface area (Å²) in [6.45, 7) is 1.40. The fourth-order valence-electron chi connectivity index (χ4n) is 2.97. The van der Waals surface area contributed by atoms with Gasteiger partial charge in [0.05, 0.1) is 17.7 Å².